The largest absolute Gasteiger partial charge is 0.393 e. The highest BCUT2D eigenvalue weighted by Gasteiger charge is 2.22. The summed E-state index contributed by atoms with van der Waals surface area (Å²) in [5, 5.41) is 24.7. The minimum absolute atomic E-state index is 0.107. The Labute approximate surface area is 168 Å². The molecule has 1 heterocycles. The van der Waals surface area contributed by atoms with Crippen molar-refractivity contribution in [3.63, 3.8) is 0 Å². The van der Waals surface area contributed by atoms with E-state index in [1.54, 1.807) is 12.1 Å². The lowest BCUT2D eigenvalue weighted by Gasteiger charge is -2.20. The van der Waals surface area contributed by atoms with Crippen molar-refractivity contribution in [3.05, 3.63) is 58.4 Å². The van der Waals surface area contributed by atoms with E-state index in [0.29, 0.717) is 23.5 Å². The average Bonchev–Trinajstić information content (AvgIpc) is 3.06. The molecule has 1 unspecified atom stereocenters. The predicted octanol–water partition coefficient (Wildman–Crippen LogP) is 2.14. The molecule has 0 fully saturated rings. The summed E-state index contributed by atoms with van der Waals surface area (Å²) < 4.78 is 14.4. The van der Waals surface area contributed by atoms with E-state index in [-0.39, 0.29) is 24.9 Å². The maximum Gasteiger partial charge on any atom is 0.251 e. The van der Waals surface area contributed by atoms with E-state index in [2.05, 4.69) is 16.1 Å². The van der Waals surface area contributed by atoms with Crippen molar-refractivity contribution in [2.45, 2.75) is 39.0 Å². The highest BCUT2D eigenvalue weighted by molar-refractivity contribution is 5.99. The molecule has 0 saturated heterocycles. The number of aryl methyl sites for hydroxylation is 1. The number of carbonyl (C=O) groups excluding carboxylic acids is 1. The van der Waals surface area contributed by atoms with E-state index in [0.717, 1.165) is 23.1 Å². The molecule has 0 bridgehead atoms. The maximum atomic E-state index is 14.4. The molecule has 156 valence electrons. The Balaban J connectivity index is 1.81. The number of rotatable bonds is 9. The summed E-state index contributed by atoms with van der Waals surface area (Å²) in [7, 11) is 0. The van der Waals surface area contributed by atoms with Crippen molar-refractivity contribution in [1.29, 1.82) is 0 Å². The number of benzene rings is 2. The summed E-state index contributed by atoms with van der Waals surface area (Å²) in [6.07, 6.45) is 0.736. The average molecular weight is 403 g/mol. The maximum absolute atomic E-state index is 14.4. The zero-order valence-corrected chi connectivity index (χ0v) is 16.5. The standard InChI is InChI=1S/C21H26FN3O4/c1-3-13-4-5-18(17(22)6-13)25-19-8-16-14(9-23-20(16)27)7-15(19)10-24-29-12-21(2,28)11-26/h4-8,24-26,28H,3,9-12H2,1-2H3,(H,23,27). The Morgan fingerprint density at radius 1 is 1.28 bits per heavy atom. The molecule has 1 amide bonds. The minimum atomic E-state index is -1.35. The Morgan fingerprint density at radius 3 is 2.76 bits per heavy atom. The smallest absolute Gasteiger partial charge is 0.251 e. The fraction of sp³-hybridized carbons (Fsp3) is 0.381. The number of aliphatic hydroxyl groups is 2. The van der Waals surface area contributed by atoms with Crippen molar-refractivity contribution in [2.75, 3.05) is 18.5 Å². The van der Waals surface area contributed by atoms with Gasteiger partial charge in [0.15, 0.2) is 0 Å². The number of hydrogen-bond acceptors (Lipinski definition) is 6. The molecule has 0 radical (unpaired) electrons. The van der Waals surface area contributed by atoms with Gasteiger partial charge in [-0.3, -0.25) is 9.63 Å². The third-order valence-electron chi connectivity index (χ3n) is 4.81. The van der Waals surface area contributed by atoms with Gasteiger partial charge in [0.05, 0.1) is 18.9 Å². The van der Waals surface area contributed by atoms with E-state index >= 15 is 0 Å². The molecule has 1 aliphatic heterocycles. The Kier molecular flexibility index (Phi) is 6.49. The molecular weight excluding hydrogens is 377 g/mol. The number of carbonyl (C=O) groups is 1. The first-order valence-electron chi connectivity index (χ1n) is 9.50. The summed E-state index contributed by atoms with van der Waals surface area (Å²) in [5.41, 5.74) is 5.34. The summed E-state index contributed by atoms with van der Waals surface area (Å²) in [6.45, 7) is 3.56. The second-order valence-electron chi connectivity index (χ2n) is 7.41. The number of aliphatic hydroxyl groups excluding tert-OH is 1. The summed E-state index contributed by atoms with van der Waals surface area (Å²) >= 11 is 0. The molecule has 2 aromatic carbocycles. The SMILES string of the molecule is CCc1ccc(Nc2cc3c(cc2CNOCC(C)(O)CO)CNC3=O)c(F)c1. The lowest BCUT2D eigenvalue weighted by atomic mass is 10.0. The van der Waals surface area contributed by atoms with Crippen molar-refractivity contribution in [3.8, 4) is 0 Å². The second kappa shape index (κ2) is 8.87. The number of amides is 1. The van der Waals surface area contributed by atoms with E-state index in [4.69, 9.17) is 9.94 Å². The Bertz CT molecular complexity index is 902. The van der Waals surface area contributed by atoms with Gasteiger partial charge in [0, 0.05) is 24.3 Å². The van der Waals surface area contributed by atoms with E-state index < -0.39 is 12.2 Å². The van der Waals surface area contributed by atoms with Crippen LogP contribution in [-0.4, -0.2) is 34.9 Å². The molecule has 8 heteroatoms. The normalized spacial score (nSPS) is 15.0. The first-order chi connectivity index (χ1) is 13.8. The predicted molar refractivity (Wildman–Crippen MR) is 107 cm³/mol. The van der Waals surface area contributed by atoms with E-state index in [1.807, 2.05) is 19.1 Å². The van der Waals surface area contributed by atoms with Crippen molar-refractivity contribution >= 4 is 17.3 Å². The molecular formula is C21H26FN3O4. The van der Waals surface area contributed by atoms with Gasteiger partial charge in [-0.05, 0) is 54.3 Å². The minimum Gasteiger partial charge on any atom is -0.393 e. The molecule has 0 spiro atoms. The zero-order chi connectivity index (χ0) is 21.0. The quantitative estimate of drug-likeness (QED) is 0.325. The van der Waals surface area contributed by atoms with Gasteiger partial charge in [0.1, 0.15) is 11.4 Å². The first kappa shape index (κ1) is 21.2. The van der Waals surface area contributed by atoms with Crippen LogP contribution in [0.4, 0.5) is 15.8 Å². The fourth-order valence-corrected chi connectivity index (χ4v) is 2.99. The number of hydroxylamine groups is 1. The molecule has 1 atom stereocenters. The molecule has 2 aromatic rings. The molecule has 0 aromatic heterocycles. The molecule has 3 rings (SSSR count). The van der Waals surface area contributed by atoms with Crippen LogP contribution in [0.15, 0.2) is 30.3 Å². The summed E-state index contributed by atoms with van der Waals surface area (Å²) in [4.78, 5) is 17.3. The van der Waals surface area contributed by atoms with Crippen LogP contribution in [0.5, 0.6) is 0 Å². The van der Waals surface area contributed by atoms with Gasteiger partial charge in [-0.1, -0.05) is 13.0 Å². The van der Waals surface area contributed by atoms with Crippen LogP contribution in [0.3, 0.4) is 0 Å². The van der Waals surface area contributed by atoms with Gasteiger partial charge >= 0.3 is 0 Å². The monoisotopic (exact) mass is 403 g/mol. The van der Waals surface area contributed by atoms with Crippen LogP contribution >= 0.6 is 0 Å². The van der Waals surface area contributed by atoms with Crippen molar-refractivity contribution in [2.24, 2.45) is 0 Å². The summed E-state index contributed by atoms with van der Waals surface area (Å²) in [5.74, 6) is -0.539. The second-order valence-corrected chi connectivity index (χ2v) is 7.41. The molecule has 5 N–H and O–H groups in total. The highest BCUT2D eigenvalue weighted by Crippen LogP contribution is 2.29. The zero-order valence-electron chi connectivity index (χ0n) is 16.5. The van der Waals surface area contributed by atoms with Crippen LogP contribution in [-0.2, 0) is 24.3 Å². The number of anilines is 2. The van der Waals surface area contributed by atoms with Gasteiger partial charge in [-0.25, -0.2) is 4.39 Å². The Morgan fingerprint density at radius 2 is 2.07 bits per heavy atom. The number of fused-ring (bicyclic) bond motifs is 1. The van der Waals surface area contributed by atoms with Crippen molar-refractivity contribution in [1.82, 2.24) is 10.8 Å². The first-order valence-corrected chi connectivity index (χ1v) is 9.50. The topological polar surface area (TPSA) is 103 Å². The Hall–Kier alpha value is -2.52. The van der Waals surface area contributed by atoms with Crippen LogP contribution in [0.25, 0.3) is 0 Å². The van der Waals surface area contributed by atoms with Gasteiger partial charge in [-0.15, -0.1) is 0 Å². The fourth-order valence-electron chi connectivity index (χ4n) is 2.99. The van der Waals surface area contributed by atoms with Crippen molar-refractivity contribution < 1.29 is 24.2 Å². The third-order valence-corrected chi connectivity index (χ3v) is 4.81. The van der Waals surface area contributed by atoms with Gasteiger partial charge in [-0.2, -0.15) is 5.48 Å². The number of hydrogen-bond donors (Lipinski definition) is 5. The van der Waals surface area contributed by atoms with E-state index in [9.17, 15) is 14.3 Å². The van der Waals surface area contributed by atoms with E-state index in [1.165, 1.54) is 13.0 Å². The molecule has 29 heavy (non-hydrogen) atoms. The van der Waals surface area contributed by atoms with Crippen LogP contribution in [0.2, 0.25) is 0 Å². The van der Waals surface area contributed by atoms with Gasteiger partial charge < -0.3 is 20.8 Å². The van der Waals surface area contributed by atoms with Gasteiger partial charge in [0.2, 0.25) is 0 Å². The molecule has 7 nitrogen and oxygen atoms in total. The highest BCUT2D eigenvalue weighted by atomic mass is 19.1. The van der Waals surface area contributed by atoms with Gasteiger partial charge in [0.25, 0.3) is 5.91 Å². The lowest BCUT2D eigenvalue weighted by molar-refractivity contribution is -0.0949. The molecule has 1 aliphatic rings. The van der Waals surface area contributed by atoms with Crippen LogP contribution in [0.1, 0.15) is 40.9 Å². The summed E-state index contributed by atoms with van der Waals surface area (Å²) in [6, 6.07) is 8.57. The number of nitrogens with one attached hydrogen (secondary N) is 3. The molecule has 0 saturated carbocycles. The lowest BCUT2D eigenvalue weighted by Crippen LogP contribution is -2.37. The van der Waals surface area contributed by atoms with Crippen LogP contribution in [0, 0.1) is 5.82 Å². The molecule has 0 aliphatic carbocycles. The number of halogens is 1. The van der Waals surface area contributed by atoms with Crippen LogP contribution < -0.4 is 16.1 Å². The third kappa shape index (κ3) is 5.10.